The Morgan fingerprint density at radius 2 is 1.84 bits per heavy atom. The van der Waals surface area contributed by atoms with Crippen LogP contribution in [0.1, 0.15) is 31.1 Å². The molecule has 11 heteroatoms. The number of hydrogen-bond donors (Lipinski definition) is 2. The number of rotatable bonds is 4. The average molecular weight is 550 g/mol. The van der Waals surface area contributed by atoms with Crippen molar-refractivity contribution in [2.75, 3.05) is 29.4 Å². The number of anilines is 2. The number of H-pyrrole nitrogens is 1. The highest BCUT2D eigenvalue weighted by atomic mass is 35.5. The molecule has 37 heavy (non-hydrogen) atoms. The van der Waals surface area contributed by atoms with Crippen LogP contribution in [-0.2, 0) is 6.18 Å². The van der Waals surface area contributed by atoms with Crippen LogP contribution in [0.2, 0.25) is 10.0 Å². The van der Waals surface area contributed by atoms with Crippen molar-refractivity contribution in [1.29, 1.82) is 0 Å². The van der Waals surface area contributed by atoms with Crippen LogP contribution < -0.4 is 9.80 Å². The standard InChI is InChI=1S/C26H24Cl2F3N5O/c1-14-13-35(24-21(28)9-17(12-32-24)15(2)37)7-8-36(14)25-33-22-11-18(26(29,30)31)10-20(23(22)34-25)16-3-5-19(27)6-4-16/h3-6,9-12,14-15,37H,7-8,13H2,1-2H3,(H,33,34)/t14-,15?/m1/s1. The summed E-state index contributed by atoms with van der Waals surface area (Å²) < 4.78 is 41.1. The molecule has 0 bridgehead atoms. The molecule has 3 heterocycles. The van der Waals surface area contributed by atoms with Gasteiger partial charge in [-0.3, -0.25) is 0 Å². The Hall–Kier alpha value is -3.01. The fourth-order valence-corrected chi connectivity index (χ4v) is 5.05. The maximum atomic E-state index is 13.7. The Balaban J connectivity index is 1.47. The van der Waals surface area contributed by atoms with Crippen LogP contribution in [0, 0.1) is 0 Å². The lowest BCUT2D eigenvalue weighted by atomic mass is 10.0. The highest BCUT2D eigenvalue weighted by Gasteiger charge is 2.33. The molecule has 194 valence electrons. The lowest BCUT2D eigenvalue weighted by Gasteiger charge is -2.40. The number of fused-ring (bicyclic) bond motifs is 1. The van der Waals surface area contributed by atoms with E-state index in [0.29, 0.717) is 69.2 Å². The van der Waals surface area contributed by atoms with Crippen molar-refractivity contribution in [3.8, 4) is 11.1 Å². The molecule has 2 atom stereocenters. The van der Waals surface area contributed by atoms with Gasteiger partial charge in [-0.2, -0.15) is 13.2 Å². The number of aromatic amines is 1. The molecule has 2 aromatic heterocycles. The number of piperazine rings is 1. The van der Waals surface area contributed by atoms with Crippen LogP contribution in [0.5, 0.6) is 0 Å². The number of hydrogen-bond acceptors (Lipinski definition) is 5. The van der Waals surface area contributed by atoms with Crippen molar-refractivity contribution >= 4 is 46.0 Å². The summed E-state index contributed by atoms with van der Waals surface area (Å²) in [5.74, 6) is 1.13. The SMILES string of the molecule is CC(O)c1cnc(N2CCN(c3nc4c(-c5ccc(Cl)cc5)cc(C(F)(F)F)cc4[nH]3)[C@H](C)C2)c(Cl)c1. The number of aliphatic hydroxyl groups excluding tert-OH is 1. The van der Waals surface area contributed by atoms with E-state index in [1.807, 2.05) is 11.8 Å². The summed E-state index contributed by atoms with van der Waals surface area (Å²) in [6.07, 6.45) is -3.56. The zero-order valence-corrected chi connectivity index (χ0v) is 21.5. The zero-order valence-electron chi connectivity index (χ0n) is 20.0. The van der Waals surface area contributed by atoms with Gasteiger partial charge in [-0.1, -0.05) is 35.3 Å². The first kappa shape index (κ1) is 25.6. The Kier molecular flexibility index (Phi) is 6.72. The van der Waals surface area contributed by atoms with Gasteiger partial charge in [0.25, 0.3) is 0 Å². The molecule has 0 saturated carbocycles. The predicted octanol–water partition coefficient (Wildman–Crippen LogP) is 6.72. The Morgan fingerprint density at radius 1 is 1.11 bits per heavy atom. The van der Waals surface area contributed by atoms with Gasteiger partial charge in [0.15, 0.2) is 0 Å². The molecule has 1 fully saturated rings. The molecule has 0 aliphatic carbocycles. The van der Waals surface area contributed by atoms with Gasteiger partial charge in [-0.15, -0.1) is 0 Å². The van der Waals surface area contributed by atoms with Gasteiger partial charge in [-0.05, 0) is 49.7 Å². The number of nitrogens with zero attached hydrogens (tertiary/aromatic N) is 4. The predicted molar refractivity (Wildman–Crippen MR) is 140 cm³/mol. The van der Waals surface area contributed by atoms with Gasteiger partial charge in [0.05, 0.1) is 27.7 Å². The van der Waals surface area contributed by atoms with Crippen LogP contribution in [0.25, 0.3) is 22.2 Å². The molecule has 5 rings (SSSR count). The summed E-state index contributed by atoms with van der Waals surface area (Å²) >= 11 is 12.4. The van der Waals surface area contributed by atoms with E-state index in [2.05, 4.69) is 14.9 Å². The average Bonchev–Trinajstić information content (AvgIpc) is 3.27. The van der Waals surface area contributed by atoms with E-state index in [9.17, 15) is 18.3 Å². The highest BCUT2D eigenvalue weighted by Crippen LogP contribution is 2.38. The zero-order chi connectivity index (χ0) is 26.5. The number of alkyl halides is 3. The Labute approximate surface area is 221 Å². The number of imidazole rings is 1. The van der Waals surface area contributed by atoms with Crippen LogP contribution >= 0.6 is 23.2 Å². The lowest BCUT2D eigenvalue weighted by molar-refractivity contribution is -0.137. The van der Waals surface area contributed by atoms with Crippen LogP contribution in [0.3, 0.4) is 0 Å². The molecule has 4 aromatic rings. The van der Waals surface area contributed by atoms with Gasteiger partial charge in [-0.25, -0.2) is 9.97 Å². The maximum Gasteiger partial charge on any atom is 0.416 e. The molecule has 6 nitrogen and oxygen atoms in total. The number of aliphatic hydroxyl groups is 1. The monoisotopic (exact) mass is 549 g/mol. The van der Waals surface area contributed by atoms with Crippen molar-refractivity contribution in [3.05, 3.63) is 69.8 Å². The van der Waals surface area contributed by atoms with E-state index in [4.69, 9.17) is 28.2 Å². The van der Waals surface area contributed by atoms with E-state index < -0.39 is 17.8 Å². The Morgan fingerprint density at radius 3 is 2.46 bits per heavy atom. The molecule has 2 aromatic carbocycles. The van der Waals surface area contributed by atoms with E-state index in [0.717, 1.165) is 12.1 Å². The highest BCUT2D eigenvalue weighted by molar-refractivity contribution is 6.33. The van der Waals surface area contributed by atoms with E-state index in [1.54, 1.807) is 43.5 Å². The fraction of sp³-hybridized carbons (Fsp3) is 0.308. The third kappa shape index (κ3) is 5.08. The van der Waals surface area contributed by atoms with Crippen molar-refractivity contribution in [2.45, 2.75) is 32.2 Å². The fourth-order valence-electron chi connectivity index (χ4n) is 4.63. The van der Waals surface area contributed by atoms with Crippen molar-refractivity contribution in [2.24, 2.45) is 0 Å². The van der Waals surface area contributed by atoms with E-state index in [-0.39, 0.29) is 6.04 Å². The quantitative estimate of drug-likeness (QED) is 0.295. The van der Waals surface area contributed by atoms with E-state index >= 15 is 0 Å². The largest absolute Gasteiger partial charge is 0.416 e. The van der Waals surface area contributed by atoms with Crippen molar-refractivity contribution < 1.29 is 18.3 Å². The van der Waals surface area contributed by atoms with Gasteiger partial charge in [0, 0.05) is 48.0 Å². The summed E-state index contributed by atoms with van der Waals surface area (Å²) in [6.45, 7) is 5.38. The summed E-state index contributed by atoms with van der Waals surface area (Å²) in [7, 11) is 0. The minimum Gasteiger partial charge on any atom is -0.389 e. The van der Waals surface area contributed by atoms with Crippen LogP contribution in [-0.4, -0.2) is 45.7 Å². The number of aromatic nitrogens is 3. The third-order valence-corrected chi connectivity index (χ3v) is 7.11. The second-order valence-electron chi connectivity index (χ2n) is 9.22. The minimum absolute atomic E-state index is 0.0373. The second kappa shape index (κ2) is 9.70. The van der Waals surface area contributed by atoms with Crippen molar-refractivity contribution in [1.82, 2.24) is 15.0 Å². The lowest BCUT2D eigenvalue weighted by Crippen LogP contribution is -2.52. The number of halogens is 5. The molecule has 2 N–H and O–H groups in total. The molecular formula is C26H24Cl2F3N5O. The third-order valence-electron chi connectivity index (χ3n) is 6.58. The first-order chi connectivity index (χ1) is 17.5. The van der Waals surface area contributed by atoms with Crippen LogP contribution in [0.4, 0.5) is 24.9 Å². The van der Waals surface area contributed by atoms with Crippen LogP contribution in [0.15, 0.2) is 48.7 Å². The van der Waals surface area contributed by atoms with Crippen molar-refractivity contribution in [3.63, 3.8) is 0 Å². The molecule has 0 spiro atoms. The molecule has 0 amide bonds. The van der Waals surface area contributed by atoms with E-state index in [1.165, 1.54) is 0 Å². The first-order valence-electron chi connectivity index (χ1n) is 11.7. The molecule has 1 unspecified atom stereocenters. The molecule has 1 saturated heterocycles. The number of nitrogens with one attached hydrogen (secondary N) is 1. The molecule has 1 aliphatic heterocycles. The molecule has 0 radical (unpaired) electrons. The minimum atomic E-state index is -4.50. The van der Waals surface area contributed by atoms with Gasteiger partial charge >= 0.3 is 6.18 Å². The summed E-state index contributed by atoms with van der Waals surface area (Å²) in [4.78, 5) is 16.4. The first-order valence-corrected chi connectivity index (χ1v) is 12.5. The van der Waals surface area contributed by atoms with Gasteiger partial charge in [0.2, 0.25) is 5.95 Å². The topological polar surface area (TPSA) is 68.3 Å². The summed E-state index contributed by atoms with van der Waals surface area (Å²) in [5, 5.41) is 10.7. The smallest absolute Gasteiger partial charge is 0.389 e. The van der Waals surface area contributed by atoms with Gasteiger partial charge < -0.3 is 19.9 Å². The molecule has 1 aliphatic rings. The second-order valence-corrected chi connectivity index (χ2v) is 10.1. The molecular weight excluding hydrogens is 526 g/mol. The maximum absolute atomic E-state index is 13.7. The number of pyridine rings is 1. The normalized spacial score (nSPS) is 17.5. The Bertz CT molecular complexity index is 1440. The summed E-state index contributed by atoms with van der Waals surface area (Å²) in [6, 6.07) is 10.6. The van der Waals surface area contributed by atoms with Gasteiger partial charge in [0.1, 0.15) is 5.82 Å². The summed E-state index contributed by atoms with van der Waals surface area (Å²) in [5.41, 5.74) is 1.63. The number of benzene rings is 2.